The average molecular weight is 437 g/mol. The summed E-state index contributed by atoms with van der Waals surface area (Å²) in [5.74, 6) is 1.48. The molecular formula is C25H19N5O3. The SMILES string of the molecule is COc1ccc(NC(=O)c2n[nH]c3ccc(-c4cncc(Oc5ccccc5)c4)cc23)cn1. The van der Waals surface area contributed by atoms with E-state index in [1.165, 1.54) is 13.3 Å². The van der Waals surface area contributed by atoms with Crippen molar-refractivity contribution in [3.8, 4) is 28.5 Å². The first-order chi connectivity index (χ1) is 16.2. The highest BCUT2D eigenvalue weighted by molar-refractivity contribution is 6.11. The number of benzene rings is 2. The van der Waals surface area contributed by atoms with Gasteiger partial charge < -0.3 is 14.8 Å². The van der Waals surface area contributed by atoms with Crippen LogP contribution in [0.5, 0.6) is 17.4 Å². The lowest BCUT2D eigenvalue weighted by molar-refractivity contribution is 0.102. The van der Waals surface area contributed by atoms with Crippen molar-refractivity contribution < 1.29 is 14.3 Å². The Hall–Kier alpha value is -4.72. The van der Waals surface area contributed by atoms with E-state index >= 15 is 0 Å². The lowest BCUT2D eigenvalue weighted by Gasteiger charge is -2.08. The van der Waals surface area contributed by atoms with Crippen molar-refractivity contribution in [2.24, 2.45) is 0 Å². The maximum atomic E-state index is 12.9. The maximum absolute atomic E-state index is 12.9. The number of H-pyrrole nitrogens is 1. The number of hydrogen-bond donors (Lipinski definition) is 2. The standard InChI is InChI=1S/C25H19N5O3/c1-32-23-10-8-18(14-27-23)28-25(31)24-21-12-16(7-9-22(21)29-30-24)17-11-20(15-26-13-17)33-19-5-3-2-4-6-19/h2-15H,1H3,(H,28,31)(H,29,30). The van der Waals surface area contributed by atoms with Crippen LogP contribution in [-0.2, 0) is 0 Å². The molecule has 5 aromatic rings. The molecule has 0 saturated carbocycles. The minimum atomic E-state index is -0.343. The Balaban J connectivity index is 1.42. The number of anilines is 1. The summed E-state index contributed by atoms with van der Waals surface area (Å²) in [4.78, 5) is 21.3. The van der Waals surface area contributed by atoms with Gasteiger partial charge in [-0.05, 0) is 42.0 Å². The van der Waals surface area contributed by atoms with Crippen LogP contribution in [0, 0.1) is 0 Å². The van der Waals surface area contributed by atoms with Gasteiger partial charge in [-0.2, -0.15) is 5.10 Å². The van der Waals surface area contributed by atoms with Crippen molar-refractivity contribution >= 4 is 22.5 Å². The normalized spacial score (nSPS) is 10.7. The summed E-state index contributed by atoms with van der Waals surface area (Å²) < 4.78 is 10.9. The summed E-state index contributed by atoms with van der Waals surface area (Å²) >= 11 is 0. The molecule has 0 unspecified atom stereocenters. The van der Waals surface area contributed by atoms with Crippen LogP contribution >= 0.6 is 0 Å². The Bertz CT molecular complexity index is 1420. The molecule has 2 N–H and O–H groups in total. The predicted octanol–water partition coefficient (Wildman–Crippen LogP) is 5.07. The van der Waals surface area contributed by atoms with E-state index in [0.29, 0.717) is 22.7 Å². The quantitative estimate of drug-likeness (QED) is 0.384. The molecule has 0 bridgehead atoms. The first kappa shape index (κ1) is 20.2. The number of nitrogens with zero attached hydrogens (tertiary/aromatic N) is 3. The van der Waals surface area contributed by atoms with Gasteiger partial charge in [-0.25, -0.2) is 4.98 Å². The minimum Gasteiger partial charge on any atom is -0.481 e. The average Bonchev–Trinajstić information content (AvgIpc) is 3.29. The van der Waals surface area contributed by atoms with Gasteiger partial charge in [-0.3, -0.25) is 14.9 Å². The van der Waals surface area contributed by atoms with E-state index in [-0.39, 0.29) is 11.6 Å². The number of aromatic amines is 1. The van der Waals surface area contributed by atoms with Gasteiger partial charge in [0.25, 0.3) is 5.91 Å². The Morgan fingerprint density at radius 3 is 2.58 bits per heavy atom. The number of carbonyl (C=O) groups is 1. The molecular weight excluding hydrogens is 418 g/mol. The summed E-state index contributed by atoms with van der Waals surface area (Å²) in [6, 6.07) is 20.5. The molecule has 8 nitrogen and oxygen atoms in total. The highest BCUT2D eigenvalue weighted by Gasteiger charge is 2.16. The molecule has 2 aromatic carbocycles. The summed E-state index contributed by atoms with van der Waals surface area (Å²) in [5, 5.41) is 10.6. The fourth-order valence-electron chi connectivity index (χ4n) is 3.39. The summed E-state index contributed by atoms with van der Waals surface area (Å²) in [6.07, 6.45) is 4.94. The van der Waals surface area contributed by atoms with E-state index in [9.17, 15) is 4.79 Å². The van der Waals surface area contributed by atoms with Crippen LogP contribution in [0.2, 0.25) is 0 Å². The molecule has 0 spiro atoms. The number of para-hydroxylation sites is 1. The fraction of sp³-hybridized carbons (Fsp3) is 0.0400. The van der Waals surface area contributed by atoms with Crippen molar-refractivity contribution in [3.63, 3.8) is 0 Å². The summed E-state index contributed by atoms with van der Waals surface area (Å²) in [5.41, 5.74) is 3.32. The van der Waals surface area contributed by atoms with Crippen molar-refractivity contribution in [1.82, 2.24) is 20.2 Å². The molecule has 0 aliphatic heterocycles. The first-order valence-corrected chi connectivity index (χ1v) is 10.2. The number of nitrogens with one attached hydrogen (secondary N) is 2. The third-order valence-electron chi connectivity index (χ3n) is 5.01. The minimum absolute atomic E-state index is 0.285. The van der Waals surface area contributed by atoms with E-state index in [4.69, 9.17) is 9.47 Å². The van der Waals surface area contributed by atoms with Gasteiger partial charge in [-0.1, -0.05) is 24.3 Å². The van der Waals surface area contributed by atoms with Crippen molar-refractivity contribution in [2.75, 3.05) is 12.4 Å². The molecule has 8 heteroatoms. The molecule has 0 aliphatic rings. The van der Waals surface area contributed by atoms with Crippen molar-refractivity contribution in [3.05, 3.63) is 91.0 Å². The number of hydrogen-bond acceptors (Lipinski definition) is 6. The Labute approximate surface area is 189 Å². The zero-order chi connectivity index (χ0) is 22.6. The predicted molar refractivity (Wildman–Crippen MR) is 125 cm³/mol. The largest absolute Gasteiger partial charge is 0.481 e. The molecule has 0 aliphatic carbocycles. The Kier molecular flexibility index (Phi) is 5.38. The van der Waals surface area contributed by atoms with Crippen molar-refractivity contribution in [2.45, 2.75) is 0 Å². The number of amides is 1. The lowest BCUT2D eigenvalue weighted by atomic mass is 10.0. The van der Waals surface area contributed by atoms with Gasteiger partial charge in [0.05, 0.1) is 30.7 Å². The topological polar surface area (TPSA) is 102 Å². The van der Waals surface area contributed by atoms with Gasteiger partial charge in [0, 0.05) is 23.2 Å². The molecule has 0 saturated heterocycles. The van der Waals surface area contributed by atoms with E-state index in [1.807, 2.05) is 54.6 Å². The van der Waals surface area contributed by atoms with Crippen molar-refractivity contribution in [1.29, 1.82) is 0 Å². The second-order valence-corrected chi connectivity index (χ2v) is 7.20. The van der Waals surface area contributed by atoms with Gasteiger partial charge in [0.1, 0.15) is 11.5 Å². The lowest BCUT2D eigenvalue weighted by Crippen LogP contribution is -2.13. The number of methoxy groups -OCH3 is 1. The zero-order valence-electron chi connectivity index (χ0n) is 17.6. The highest BCUT2D eigenvalue weighted by Crippen LogP contribution is 2.29. The number of fused-ring (bicyclic) bond motifs is 1. The van der Waals surface area contributed by atoms with Crippen LogP contribution in [0.1, 0.15) is 10.5 Å². The van der Waals surface area contributed by atoms with Gasteiger partial charge in [0.15, 0.2) is 5.69 Å². The third kappa shape index (κ3) is 4.35. The molecule has 0 fully saturated rings. The highest BCUT2D eigenvalue weighted by atomic mass is 16.5. The van der Waals surface area contributed by atoms with Crippen LogP contribution in [0.3, 0.4) is 0 Å². The van der Waals surface area contributed by atoms with Crippen LogP contribution in [0.25, 0.3) is 22.0 Å². The van der Waals surface area contributed by atoms with Crippen LogP contribution in [0.15, 0.2) is 85.3 Å². The number of ether oxygens (including phenoxy) is 2. The molecule has 162 valence electrons. The molecule has 0 radical (unpaired) electrons. The second-order valence-electron chi connectivity index (χ2n) is 7.20. The van der Waals surface area contributed by atoms with Gasteiger partial charge >= 0.3 is 0 Å². The van der Waals surface area contributed by atoms with E-state index in [2.05, 4.69) is 25.5 Å². The Morgan fingerprint density at radius 1 is 0.909 bits per heavy atom. The smallest absolute Gasteiger partial charge is 0.276 e. The number of aromatic nitrogens is 4. The first-order valence-electron chi connectivity index (χ1n) is 10.2. The molecule has 1 amide bonds. The summed E-state index contributed by atoms with van der Waals surface area (Å²) in [7, 11) is 1.53. The maximum Gasteiger partial charge on any atom is 0.276 e. The summed E-state index contributed by atoms with van der Waals surface area (Å²) in [6.45, 7) is 0. The number of pyridine rings is 2. The van der Waals surface area contributed by atoms with E-state index < -0.39 is 0 Å². The van der Waals surface area contributed by atoms with Crippen LogP contribution < -0.4 is 14.8 Å². The van der Waals surface area contributed by atoms with Crippen LogP contribution in [-0.4, -0.2) is 33.2 Å². The number of carbonyl (C=O) groups excluding carboxylic acids is 1. The van der Waals surface area contributed by atoms with Gasteiger partial charge in [0.2, 0.25) is 5.88 Å². The molecule has 5 rings (SSSR count). The number of rotatable bonds is 6. The Morgan fingerprint density at radius 2 is 1.79 bits per heavy atom. The van der Waals surface area contributed by atoms with E-state index in [0.717, 1.165) is 22.4 Å². The fourth-order valence-corrected chi connectivity index (χ4v) is 3.39. The molecule has 3 heterocycles. The third-order valence-corrected chi connectivity index (χ3v) is 5.01. The molecule has 33 heavy (non-hydrogen) atoms. The molecule has 0 atom stereocenters. The van der Waals surface area contributed by atoms with Crippen LogP contribution in [0.4, 0.5) is 5.69 Å². The van der Waals surface area contributed by atoms with Gasteiger partial charge in [-0.15, -0.1) is 0 Å². The second kappa shape index (κ2) is 8.80. The molecule has 3 aromatic heterocycles. The van der Waals surface area contributed by atoms with E-state index in [1.54, 1.807) is 24.5 Å². The monoisotopic (exact) mass is 437 g/mol. The zero-order valence-corrected chi connectivity index (χ0v) is 17.6.